The first kappa shape index (κ1) is 19.4. The summed E-state index contributed by atoms with van der Waals surface area (Å²) in [6.07, 6.45) is 3.90. The lowest BCUT2D eigenvalue weighted by Crippen LogP contribution is -2.35. The Balaban J connectivity index is 1.53. The van der Waals surface area contributed by atoms with Gasteiger partial charge in [-0.05, 0) is 74.3 Å². The molecule has 7 nitrogen and oxygen atoms in total. The molecule has 0 amide bonds. The normalized spacial score (nSPS) is 16.5. The maximum absolute atomic E-state index is 13.5. The summed E-state index contributed by atoms with van der Waals surface area (Å²) in [5.74, 6) is 2.23. The van der Waals surface area contributed by atoms with Gasteiger partial charge in [-0.25, -0.2) is 9.78 Å². The van der Waals surface area contributed by atoms with Crippen molar-refractivity contribution in [1.29, 1.82) is 0 Å². The lowest BCUT2D eigenvalue weighted by Gasteiger charge is -2.22. The van der Waals surface area contributed by atoms with E-state index in [1.807, 2.05) is 65.2 Å². The van der Waals surface area contributed by atoms with Crippen molar-refractivity contribution in [2.75, 3.05) is 18.8 Å². The van der Waals surface area contributed by atoms with Crippen molar-refractivity contribution in [3.63, 3.8) is 0 Å². The molecule has 0 bridgehead atoms. The topological polar surface area (TPSA) is 87.1 Å². The molecule has 5 rings (SSSR count). The van der Waals surface area contributed by atoms with Crippen molar-refractivity contribution >= 4 is 16.9 Å². The molecule has 2 aromatic carbocycles. The highest BCUT2D eigenvalue weighted by atomic mass is 16.5. The summed E-state index contributed by atoms with van der Waals surface area (Å²) < 4.78 is 9.37. The lowest BCUT2D eigenvalue weighted by atomic mass is 10.00. The predicted octanol–water partition coefficient (Wildman–Crippen LogP) is 3.56. The van der Waals surface area contributed by atoms with Gasteiger partial charge >= 0.3 is 5.69 Å². The minimum atomic E-state index is -0.1000. The summed E-state index contributed by atoms with van der Waals surface area (Å²) >= 11 is 0. The van der Waals surface area contributed by atoms with Gasteiger partial charge in [0.1, 0.15) is 22.8 Å². The second-order valence-electron chi connectivity index (χ2n) is 7.91. The van der Waals surface area contributed by atoms with Gasteiger partial charge in [0, 0.05) is 12.7 Å². The molecule has 0 saturated carbocycles. The van der Waals surface area contributed by atoms with Crippen LogP contribution < -0.4 is 21.5 Å². The van der Waals surface area contributed by atoms with Gasteiger partial charge in [-0.3, -0.25) is 9.13 Å². The largest absolute Gasteiger partial charge is 0.457 e. The Morgan fingerprint density at radius 3 is 2.58 bits per heavy atom. The van der Waals surface area contributed by atoms with E-state index in [4.69, 9.17) is 10.5 Å². The molecule has 1 saturated heterocycles. The molecule has 0 aliphatic carbocycles. The fourth-order valence-corrected chi connectivity index (χ4v) is 4.27. The zero-order valence-corrected chi connectivity index (χ0v) is 17.2. The van der Waals surface area contributed by atoms with Crippen LogP contribution in [0, 0.1) is 5.92 Å². The third kappa shape index (κ3) is 3.80. The Hall–Kier alpha value is -3.58. The first-order valence-corrected chi connectivity index (χ1v) is 10.6. The number of nitrogen functional groups attached to an aromatic ring is 1. The van der Waals surface area contributed by atoms with Crippen molar-refractivity contribution in [2.24, 2.45) is 5.92 Å². The molecule has 4 aromatic rings. The van der Waals surface area contributed by atoms with Crippen molar-refractivity contribution in [1.82, 2.24) is 19.4 Å². The van der Waals surface area contributed by atoms with Gasteiger partial charge in [-0.15, -0.1) is 0 Å². The lowest BCUT2D eigenvalue weighted by molar-refractivity contribution is 0.337. The van der Waals surface area contributed by atoms with E-state index < -0.39 is 0 Å². The van der Waals surface area contributed by atoms with Gasteiger partial charge in [-0.2, -0.15) is 0 Å². The van der Waals surface area contributed by atoms with E-state index in [0.29, 0.717) is 29.5 Å². The number of anilines is 1. The van der Waals surface area contributed by atoms with Gasteiger partial charge < -0.3 is 15.8 Å². The molecule has 3 heterocycles. The first-order chi connectivity index (χ1) is 15.2. The standard InChI is InChI=1S/C24H25N5O2/c25-23-22-21(12-14-27-23)28(16-17-5-4-13-26-15-17)24(30)29(22)18-8-10-20(11-9-18)31-19-6-2-1-3-7-19/h1-3,6-12,14,17,26H,4-5,13,15-16H2,(H2,25,27). The number of rotatable bonds is 5. The minimum Gasteiger partial charge on any atom is -0.457 e. The Morgan fingerprint density at radius 2 is 1.84 bits per heavy atom. The number of pyridine rings is 1. The van der Waals surface area contributed by atoms with Gasteiger partial charge in [0.2, 0.25) is 0 Å². The third-order valence-corrected chi connectivity index (χ3v) is 5.78. The number of nitrogens with two attached hydrogens (primary N) is 1. The number of fused-ring (bicyclic) bond motifs is 1. The smallest absolute Gasteiger partial charge is 0.333 e. The Labute approximate surface area is 180 Å². The minimum absolute atomic E-state index is 0.1000. The second-order valence-corrected chi connectivity index (χ2v) is 7.91. The number of imidazole rings is 1. The Morgan fingerprint density at radius 1 is 1.06 bits per heavy atom. The van der Waals surface area contributed by atoms with Crippen LogP contribution in [0.2, 0.25) is 0 Å². The molecule has 0 radical (unpaired) electrons. The summed E-state index contributed by atoms with van der Waals surface area (Å²) in [5.41, 5.74) is 8.31. The van der Waals surface area contributed by atoms with E-state index in [9.17, 15) is 4.79 Å². The number of para-hydroxylation sites is 1. The first-order valence-electron chi connectivity index (χ1n) is 10.6. The second kappa shape index (κ2) is 8.28. The number of hydrogen-bond donors (Lipinski definition) is 2. The van der Waals surface area contributed by atoms with E-state index in [1.54, 1.807) is 10.8 Å². The number of hydrogen-bond acceptors (Lipinski definition) is 5. The summed E-state index contributed by atoms with van der Waals surface area (Å²) in [4.78, 5) is 17.7. The molecule has 1 fully saturated rings. The number of piperidine rings is 1. The molecule has 1 aliphatic rings. The van der Waals surface area contributed by atoms with E-state index in [0.717, 1.165) is 42.9 Å². The summed E-state index contributed by atoms with van der Waals surface area (Å²) in [7, 11) is 0. The maximum Gasteiger partial charge on any atom is 0.333 e. The predicted molar refractivity (Wildman–Crippen MR) is 122 cm³/mol. The van der Waals surface area contributed by atoms with Crippen molar-refractivity contribution < 1.29 is 4.74 Å². The third-order valence-electron chi connectivity index (χ3n) is 5.78. The molecule has 0 spiro atoms. The number of nitrogens with one attached hydrogen (secondary N) is 1. The van der Waals surface area contributed by atoms with Crippen LogP contribution in [0.3, 0.4) is 0 Å². The van der Waals surface area contributed by atoms with Gasteiger partial charge in [0.15, 0.2) is 0 Å². The molecule has 1 unspecified atom stereocenters. The summed E-state index contributed by atoms with van der Waals surface area (Å²) in [5, 5.41) is 3.43. The average molecular weight is 415 g/mol. The van der Waals surface area contributed by atoms with Gasteiger partial charge in [0.25, 0.3) is 0 Å². The molecule has 3 N–H and O–H groups in total. The Kier molecular flexibility index (Phi) is 5.18. The number of ether oxygens (including phenoxy) is 1. The molecular formula is C24H25N5O2. The molecule has 1 atom stereocenters. The molecule has 1 aliphatic heterocycles. The quantitative estimate of drug-likeness (QED) is 0.520. The molecule has 7 heteroatoms. The SMILES string of the molecule is Nc1nccc2c1n(-c1ccc(Oc3ccccc3)cc1)c(=O)n2CC1CCCNC1. The van der Waals surface area contributed by atoms with Crippen LogP contribution in [0.25, 0.3) is 16.7 Å². The van der Waals surface area contributed by atoms with Crippen LogP contribution >= 0.6 is 0 Å². The number of benzene rings is 2. The fraction of sp³-hybridized carbons (Fsp3) is 0.250. The highest BCUT2D eigenvalue weighted by Crippen LogP contribution is 2.26. The zero-order valence-electron chi connectivity index (χ0n) is 17.2. The molecule has 2 aromatic heterocycles. The summed E-state index contributed by atoms with van der Waals surface area (Å²) in [6, 6.07) is 18.9. The van der Waals surface area contributed by atoms with Crippen LogP contribution in [-0.2, 0) is 6.54 Å². The van der Waals surface area contributed by atoms with E-state index in [-0.39, 0.29) is 5.69 Å². The molecule has 31 heavy (non-hydrogen) atoms. The monoisotopic (exact) mass is 415 g/mol. The highest BCUT2D eigenvalue weighted by Gasteiger charge is 2.21. The van der Waals surface area contributed by atoms with Crippen molar-refractivity contribution in [3.8, 4) is 17.2 Å². The number of nitrogens with zero attached hydrogens (tertiary/aromatic N) is 3. The molecule has 158 valence electrons. The zero-order chi connectivity index (χ0) is 21.2. The van der Waals surface area contributed by atoms with Crippen LogP contribution in [0.1, 0.15) is 12.8 Å². The highest BCUT2D eigenvalue weighted by molar-refractivity contribution is 5.87. The van der Waals surface area contributed by atoms with Crippen LogP contribution in [0.5, 0.6) is 11.5 Å². The average Bonchev–Trinajstić information content (AvgIpc) is 3.08. The van der Waals surface area contributed by atoms with Gasteiger partial charge in [0.05, 0.1) is 11.2 Å². The van der Waals surface area contributed by atoms with Crippen molar-refractivity contribution in [3.05, 3.63) is 77.3 Å². The summed E-state index contributed by atoms with van der Waals surface area (Å²) in [6.45, 7) is 2.63. The van der Waals surface area contributed by atoms with Crippen LogP contribution in [0.4, 0.5) is 5.82 Å². The maximum atomic E-state index is 13.5. The van der Waals surface area contributed by atoms with Crippen LogP contribution in [0.15, 0.2) is 71.7 Å². The Bertz CT molecular complexity index is 1240. The van der Waals surface area contributed by atoms with E-state index in [1.165, 1.54) is 0 Å². The van der Waals surface area contributed by atoms with Gasteiger partial charge in [-0.1, -0.05) is 18.2 Å². The van der Waals surface area contributed by atoms with E-state index in [2.05, 4.69) is 10.3 Å². The van der Waals surface area contributed by atoms with Crippen LogP contribution in [-0.4, -0.2) is 27.2 Å². The fourth-order valence-electron chi connectivity index (χ4n) is 4.27. The number of aromatic nitrogens is 3. The molecular weight excluding hydrogens is 390 g/mol. The van der Waals surface area contributed by atoms with Crippen molar-refractivity contribution in [2.45, 2.75) is 19.4 Å². The van der Waals surface area contributed by atoms with E-state index >= 15 is 0 Å².